The number of unbranched alkanes of at least 4 members (excludes halogenated alkanes) is 1. The van der Waals surface area contributed by atoms with Crippen molar-refractivity contribution < 1.29 is 9.53 Å². The summed E-state index contributed by atoms with van der Waals surface area (Å²) in [5, 5.41) is 0. The lowest BCUT2D eigenvalue weighted by Crippen LogP contribution is -2.14. The molecule has 1 atom stereocenters. The van der Waals surface area contributed by atoms with Crippen molar-refractivity contribution in [3.63, 3.8) is 0 Å². The Bertz CT molecular complexity index is 140. The number of carbonyl (C=O) groups is 1. The number of rotatable bonds is 7. The lowest BCUT2D eigenvalue weighted by atomic mass is 10.0. The van der Waals surface area contributed by atoms with Gasteiger partial charge in [0.1, 0.15) is 0 Å². The summed E-state index contributed by atoms with van der Waals surface area (Å²) in [7, 11) is 0. The Morgan fingerprint density at radius 2 is 2.07 bits per heavy atom. The molecule has 0 aromatic carbocycles. The van der Waals surface area contributed by atoms with Crippen LogP contribution in [0, 0.1) is 5.92 Å². The molecule has 1 unspecified atom stereocenters. The summed E-state index contributed by atoms with van der Waals surface area (Å²) < 4.78 is 5.03. The van der Waals surface area contributed by atoms with Gasteiger partial charge in [-0.2, -0.15) is 26.1 Å². The maximum absolute atomic E-state index is 10.8. The van der Waals surface area contributed by atoms with Crippen molar-refractivity contribution in [3.05, 3.63) is 0 Å². The van der Waals surface area contributed by atoms with E-state index in [1.165, 1.54) is 12.8 Å². The van der Waals surface area contributed by atoms with Gasteiger partial charge in [0.05, 0.1) is 12.4 Å². The van der Waals surface area contributed by atoms with Crippen LogP contribution < -0.4 is 0 Å². The van der Waals surface area contributed by atoms with Crippen LogP contribution in [0.2, 0.25) is 0 Å². The van der Waals surface area contributed by atoms with Crippen molar-refractivity contribution in [2.45, 2.75) is 39.5 Å². The lowest BCUT2D eigenvalue weighted by Gasteiger charge is -2.13. The van der Waals surface area contributed by atoms with E-state index < -0.39 is 0 Å². The van der Waals surface area contributed by atoms with E-state index in [2.05, 4.69) is 26.5 Å². The van der Waals surface area contributed by atoms with Gasteiger partial charge in [-0.15, -0.1) is 0 Å². The Balaban J connectivity index is 0. The van der Waals surface area contributed by atoms with Gasteiger partial charge in [-0.1, -0.05) is 33.1 Å². The maximum atomic E-state index is 10.8. The van der Waals surface area contributed by atoms with Crippen molar-refractivity contribution >= 4 is 32.1 Å². The summed E-state index contributed by atoms with van der Waals surface area (Å²) in [4.78, 5) is 10.8. The Labute approximate surface area is 99.6 Å². The highest BCUT2D eigenvalue weighted by molar-refractivity contribution is 7.81. The molecule has 0 N–H and O–H groups in total. The number of hydrogen-bond acceptors (Lipinski definition) is 3. The van der Waals surface area contributed by atoms with E-state index in [9.17, 15) is 4.79 Å². The van der Waals surface area contributed by atoms with Crippen molar-refractivity contribution in [3.8, 4) is 0 Å². The molecule has 0 aliphatic heterocycles. The van der Waals surface area contributed by atoms with E-state index in [0.29, 0.717) is 12.5 Å². The standard InChI is InChI=1S/C10H20O2S.H2S/c1-3-5-6-9(4-2)7-12-10(11)8-13;/h9,13H,3-8H2,1-2H3;1H2. The van der Waals surface area contributed by atoms with E-state index in [0.717, 1.165) is 12.8 Å². The van der Waals surface area contributed by atoms with E-state index in [1.54, 1.807) is 0 Å². The molecule has 0 aliphatic rings. The molecule has 0 radical (unpaired) electrons. The molecule has 0 saturated carbocycles. The summed E-state index contributed by atoms with van der Waals surface area (Å²) in [6.45, 7) is 4.87. The topological polar surface area (TPSA) is 26.3 Å². The average molecular weight is 238 g/mol. The van der Waals surface area contributed by atoms with Crippen LogP contribution >= 0.6 is 26.1 Å². The van der Waals surface area contributed by atoms with Crippen molar-refractivity contribution in [1.82, 2.24) is 0 Å². The zero-order chi connectivity index (χ0) is 10.1. The molecule has 0 aromatic heterocycles. The van der Waals surface area contributed by atoms with Crippen LogP contribution in [-0.4, -0.2) is 18.3 Å². The summed E-state index contributed by atoms with van der Waals surface area (Å²) in [5.41, 5.74) is 0. The molecule has 0 aliphatic carbocycles. The summed E-state index contributed by atoms with van der Waals surface area (Å²) >= 11 is 3.84. The smallest absolute Gasteiger partial charge is 0.315 e. The van der Waals surface area contributed by atoms with Gasteiger partial charge < -0.3 is 4.74 Å². The summed E-state index contributed by atoms with van der Waals surface area (Å²) in [5.74, 6) is 0.506. The number of carbonyl (C=O) groups excluding carboxylic acids is 1. The molecule has 0 aromatic rings. The van der Waals surface area contributed by atoms with Crippen LogP contribution in [0.5, 0.6) is 0 Å². The molecule has 0 heterocycles. The van der Waals surface area contributed by atoms with E-state index in [-0.39, 0.29) is 25.2 Å². The van der Waals surface area contributed by atoms with E-state index >= 15 is 0 Å². The van der Waals surface area contributed by atoms with Crippen LogP contribution in [0.25, 0.3) is 0 Å². The molecule has 0 bridgehead atoms. The quantitative estimate of drug-likeness (QED) is 0.545. The summed E-state index contributed by atoms with van der Waals surface area (Å²) in [6.07, 6.45) is 4.67. The fourth-order valence-corrected chi connectivity index (χ4v) is 1.25. The maximum Gasteiger partial charge on any atom is 0.315 e. The number of thiol groups is 1. The molecule has 2 nitrogen and oxygen atoms in total. The minimum absolute atomic E-state index is 0. The monoisotopic (exact) mass is 238 g/mol. The summed E-state index contributed by atoms with van der Waals surface area (Å²) in [6, 6.07) is 0. The predicted octanol–water partition coefficient (Wildman–Crippen LogP) is 2.79. The largest absolute Gasteiger partial charge is 0.465 e. The second-order valence-electron chi connectivity index (χ2n) is 3.26. The van der Waals surface area contributed by atoms with Crippen LogP contribution in [0.15, 0.2) is 0 Å². The molecule has 14 heavy (non-hydrogen) atoms. The highest BCUT2D eigenvalue weighted by atomic mass is 32.1. The molecule has 0 saturated heterocycles. The Morgan fingerprint density at radius 1 is 1.43 bits per heavy atom. The van der Waals surface area contributed by atoms with Gasteiger partial charge in [-0.3, -0.25) is 4.79 Å². The zero-order valence-corrected chi connectivity index (χ0v) is 11.0. The average Bonchev–Trinajstić information content (AvgIpc) is 2.17. The molecule has 0 fully saturated rings. The number of ether oxygens (including phenoxy) is 1. The molecule has 0 rings (SSSR count). The molecule has 86 valence electrons. The molecule has 0 amide bonds. The highest BCUT2D eigenvalue weighted by Gasteiger charge is 2.08. The molecular weight excluding hydrogens is 216 g/mol. The van der Waals surface area contributed by atoms with Gasteiger partial charge in [0.2, 0.25) is 0 Å². The second kappa shape index (κ2) is 11.2. The van der Waals surface area contributed by atoms with Gasteiger partial charge in [0.15, 0.2) is 0 Å². The first kappa shape index (κ1) is 16.6. The van der Waals surface area contributed by atoms with Crippen LogP contribution in [0.3, 0.4) is 0 Å². The van der Waals surface area contributed by atoms with E-state index in [4.69, 9.17) is 4.74 Å². The van der Waals surface area contributed by atoms with Gasteiger partial charge >= 0.3 is 5.97 Å². The van der Waals surface area contributed by atoms with Gasteiger partial charge in [0.25, 0.3) is 0 Å². The van der Waals surface area contributed by atoms with Gasteiger partial charge in [0, 0.05) is 0 Å². The molecule has 0 spiro atoms. The minimum Gasteiger partial charge on any atom is -0.465 e. The third-order valence-corrected chi connectivity index (χ3v) is 2.41. The normalized spacial score (nSPS) is 11.6. The van der Waals surface area contributed by atoms with Gasteiger partial charge in [-0.05, 0) is 12.3 Å². The first-order valence-corrected chi connectivity index (χ1v) is 5.64. The van der Waals surface area contributed by atoms with Crippen molar-refractivity contribution in [1.29, 1.82) is 0 Å². The van der Waals surface area contributed by atoms with Gasteiger partial charge in [-0.25, -0.2) is 0 Å². The first-order valence-electron chi connectivity index (χ1n) is 5.01. The zero-order valence-electron chi connectivity index (χ0n) is 9.08. The van der Waals surface area contributed by atoms with Crippen molar-refractivity contribution in [2.24, 2.45) is 5.92 Å². The van der Waals surface area contributed by atoms with E-state index in [1.807, 2.05) is 0 Å². The fourth-order valence-electron chi connectivity index (χ4n) is 1.15. The Morgan fingerprint density at radius 3 is 2.50 bits per heavy atom. The van der Waals surface area contributed by atoms with Crippen molar-refractivity contribution in [2.75, 3.05) is 12.4 Å². The molecule has 4 heteroatoms. The van der Waals surface area contributed by atoms with Crippen LogP contribution in [-0.2, 0) is 9.53 Å². The first-order chi connectivity index (χ1) is 6.24. The fraction of sp³-hybridized carbons (Fsp3) is 0.900. The third kappa shape index (κ3) is 8.75. The highest BCUT2D eigenvalue weighted by Crippen LogP contribution is 2.12. The third-order valence-electron chi connectivity index (χ3n) is 2.15. The number of esters is 1. The second-order valence-corrected chi connectivity index (χ2v) is 3.57. The Hall–Kier alpha value is 0.170. The molecular formula is C10H22O2S2. The SMILES string of the molecule is CCCCC(CC)COC(=O)CS.S. The lowest BCUT2D eigenvalue weighted by molar-refractivity contribution is -0.141. The number of hydrogen-bond donors (Lipinski definition) is 1. The predicted molar refractivity (Wildman–Crippen MR) is 68.5 cm³/mol. The van der Waals surface area contributed by atoms with Crippen LogP contribution in [0.4, 0.5) is 0 Å². The van der Waals surface area contributed by atoms with Crippen LogP contribution in [0.1, 0.15) is 39.5 Å². The minimum atomic E-state index is -0.210. The Kier molecular flexibility index (Phi) is 13.3.